The number of unbranched alkanes of at least 4 members (excludes halogenated alkanes) is 1. The summed E-state index contributed by atoms with van der Waals surface area (Å²) in [5.41, 5.74) is 0.136. The summed E-state index contributed by atoms with van der Waals surface area (Å²) in [7, 11) is 0. The monoisotopic (exact) mass is 523 g/mol. The maximum atomic E-state index is 13.2. The maximum absolute atomic E-state index is 13.2. The minimum atomic E-state index is -4.47. The summed E-state index contributed by atoms with van der Waals surface area (Å²) in [5.74, 6) is -1.48. The highest BCUT2D eigenvalue weighted by Gasteiger charge is 2.31. The molecule has 0 aromatic heterocycles. The van der Waals surface area contributed by atoms with Gasteiger partial charge in [-0.2, -0.15) is 13.2 Å². The van der Waals surface area contributed by atoms with Crippen molar-refractivity contribution in [2.24, 2.45) is 0 Å². The molecule has 0 spiro atoms. The predicted molar refractivity (Wildman–Crippen MR) is 141 cm³/mol. The van der Waals surface area contributed by atoms with Crippen molar-refractivity contribution in [1.82, 2.24) is 5.32 Å². The van der Waals surface area contributed by atoms with Gasteiger partial charge in [-0.05, 0) is 29.9 Å². The second-order valence-corrected chi connectivity index (χ2v) is 8.47. The molecule has 1 atom stereocenters. The number of amides is 1. The molecule has 2 N–H and O–H groups in total. The number of aliphatic carboxylic acids is 1. The predicted octanol–water partition coefficient (Wildman–Crippen LogP) is 6.66. The summed E-state index contributed by atoms with van der Waals surface area (Å²) in [6, 6.07) is 18.4. The Morgan fingerprint density at radius 3 is 2.42 bits per heavy atom. The Labute approximate surface area is 218 Å². The van der Waals surface area contributed by atoms with E-state index in [2.05, 4.69) is 11.9 Å². The van der Waals surface area contributed by atoms with Gasteiger partial charge in [-0.3, -0.25) is 4.79 Å². The second-order valence-electron chi connectivity index (χ2n) is 8.47. The molecule has 0 saturated carbocycles. The fourth-order valence-electron chi connectivity index (χ4n) is 3.82. The Bertz CT molecular complexity index is 1330. The molecule has 0 saturated heterocycles. The van der Waals surface area contributed by atoms with Crippen LogP contribution in [0.4, 0.5) is 13.2 Å². The van der Waals surface area contributed by atoms with Gasteiger partial charge in [0.1, 0.15) is 11.8 Å². The molecule has 8 heteroatoms. The van der Waals surface area contributed by atoms with Gasteiger partial charge in [0.05, 0.1) is 17.7 Å². The highest BCUT2D eigenvalue weighted by atomic mass is 19.4. The summed E-state index contributed by atoms with van der Waals surface area (Å²) < 4.78 is 44.9. The molecule has 0 aliphatic heterocycles. The number of carboxylic acids is 1. The Morgan fingerprint density at radius 1 is 1.03 bits per heavy atom. The number of nitrogens with one attached hydrogen (secondary N) is 1. The number of rotatable bonds is 12. The molecule has 3 rings (SSSR count). The normalized spacial score (nSPS) is 12.9. The van der Waals surface area contributed by atoms with Crippen LogP contribution < -0.4 is 10.1 Å². The van der Waals surface area contributed by atoms with E-state index < -0.39 is 29.7 Å². The number of carbonyl (C=O) groups excluding carboxylic acids is 1. The summed E-state index contributed by atoms with van der Waals surface area (Å²) in [6.07, 6.45) is 0.731. The van der Waals surface area contributed by atoms with Gasteiger partial charge in [0, 0.05) is 11.8 Å². The Kier molecular flexibility index (Phi) is 9.87. The standard InChI is InChI=1S/C30H28F3NO4/c1-2-11-23(30(31,32)33)15-7-4-10-19-38-27-24-16-9-8-14-22(24)17-18-25(27)28(35)34-26(29(36)37)20-21-12-5-3-6-13-21/h2-3,5-9,11-18,26H,1,4,10,19-20H2,(H,34,35)(H,36,37)/b15-7-,23-11+. The lowest BCUT2D eigenvalue weighted by molar-refractivity contribution is -0.139. The van der Waals surface area contributed by atoms with Gasteiger partial charge in [0.15, 0.2) is 0 Å². The van der Waals surface area contributed by atoms with Gasteiger partial charge in [-0.25, -0.2) is 4.79 Å². The van der Waals surface area contributed by atoms with Crippen LogP contribution in [-0.2, 0) is 11.2 Å². The van der Waals surface area contributed by atoms with E-state index in [0.717, 1.165) is 29.2 Å². The minimum absolute atomic E-state index is 0.109. The first-order valence-electron chi connectivity index (χ1n) is 12.0. The van der Waals surface area contributed by atoms with Crippen molar-refractivity contribution in [1.29, 1.82) is 0 Å². The number of carboxylic acid groups (broad SMARTS) is 1. The SMILES string of the molecule is C=C/C=C(\C=C/CCCOc1c(C(=O)NC(Cc2ccccc2)C(=O)O)ccc2ccccc12)C(F)(F)F. The van der Waals surface area contributed by atoms with Crippen LogP contribution in [0.1, 0.15) is 28.8 Å². The van der Waals surface area contributed by atoms with Crippen LogP contribution in [0.5, 0.6) is 5.75 Å². The van der Waals surface area contributed by atoms with Gasteiger partial charge in [-0.1, -0.05) is 91.5 Å². The lowest BCUT2D eigenvalue weighted by Gasteiger charge is -2.18. The molecule has 5 nitrogen and oxygen atoms in total. The third-order valence-electron chi connectivity index (χ3n) is 5.69. The van der Waals surface area contributed by atoms with Crippen LogP contribution in [0.15, 0.2) is 103 Å². The molecule has 1 unspecified atom stereocenters. The third kappa shape index (κ3) is 7.83. The molecule has 38 heavy (non-hydrogen) atoms. The van der Waals surface area contributed by atoms with E-state index in [1.165, 1.54) is 6.08 Å². The van der Waals surface area contributed by atoms with Crippen molar-refractivity contribution in [3.8, 4) is 5.75 Å². The zero-order valence-electron chi connectivity index (χ0n) is 20.6. The van der Waals surface area contributed by atoms with E-state index in [1.54, 1.807) is 48.5 Å². The molecule has 3 aromatic rings. The Morgan fingerprint density at radius 2 is 1.74 bits per heavy atom. The average molecular weight is 524 g/mol. The number of hydrogen-bond acceptors (Lipinski definition) is 3. The molecule has 0 aliphatic rings. The molecule has 198 valence electrons. The molecular weight excluding hydrogens is 495 g/mol. The molecule has 3 aromatic carbocycles. The van der Waals surface area contributed by atoms with E-state index in [1.807, 2.05) is 18.2 Å². The molecule has 0 radical (unpaired) electrons. The van der Waals surface area contributed by atoms with Crippen LogP contribution in [0.3, 0.4) is 0 Å². The number of fused-ring (bicyclic) bond motifs is 1. The molecule has 0 fully saturated rings. The molecule has 0 bridgehead atoms. The van der Waals surface area contributed by atoms with E-state index in [4.69, 9.17) is 4.74 Å². The van der Waals surface area contributed by atoms with Crippen molar-refractivity contribution in [3.63, 3.8) is 0 Å². The van der Waals surface area contributed by atoms with Crippen LogP contribution in [0.25, 0.3) is 10.8 Å². The van der Waals surface area contributed by atoms with Crippen LogP contribution in [0, 0.1) is 0 Å². The maximum Gasteiger partial charge on any atom is 0.416 e. The van der Waals surface area contributed by atoms with Crippen molar-refractivity contribution in [3.05, 3.63) is 114 Å². The topological polar surface area (TPSA) is 75.6 Å². The van der Waals surface area contributed by atoms with Crippen molar-refractivity contribution in [2.75, 3.05) is 6.61 Å². The van der Waals surface area contributed by atoms with Crippen molar-refractivity contribution < 1.29 is 32.6 Å². The van der Waals surface area contributed by atoms with Gasteiger partial charge in [0.2, 0.25) is 0 Å². The number of benzene rings is 3. The molecule has 1 amide bonds. The van der Waals surface area contributed by atoms with E-state index in [-0.39, 0.29) is 24.3 Å². The van der Waals surface area contributed by atoms with Crippen molar-refractivity contribution >= 4 is 22.6 Å². The van der Waals surface area contributed by atoms with Crippen molar-refractivity contribution in [2.45, 2.75) is 31.5 Å². The first-order chi connectivity index (χ1) is 18.2. The average Bonchev–Trinajstić information content (AvgIpc) is 2.89. The largest absolute Gasteiger partial charge is 0.492 e. The third-order valence-corrected chi connectivity index (χ3v) is 5.69. The number of hydrogen-bond donors (Lipinski definition) is 2. The van der Waals surface area contributed by atoms with Gasteiger partial charge in [-0.15, -0.1) is 0 Å². The number of allylic oxidation sites excluding steroid dienone is 5. The fourth-order valence-corrected chi connectivity index (χ4v) is 3.82. The quantitative estimate of drug-likeness (QED) is 0.206. The summed E-state index contributed by atoms with van der Waals surface area (Å²) >= 11 is 0. The molecular formula is C30H28F3NO4. The summed E-state index contributed by atoms with van der Waals surface area (Å²) in [5, 5.41) is 13.8. The smallest absolute Gasteiger partial charge is 0.416 e. The second kappa shape index (κ2) is 13.3. The van der Waals surface area contributed by atoms with Gasteiger partial charge >= 0.3 is 12.1 Å². The Balaban J connectivity index is 1.74. The zero-order chi connectivity index (χ0) is 27.5. The van der Waals surface area contributed by atoms with E-state index in [9.17, 15) is 27.9 Å². The highest BCUT2D eigenvalue weighted by molar-refractivity contribution is 6.04. The highest BCUT2D eigenvalue weighted by Crippen LogP contribution is 2.31. The lowest BCUT2D eigenvalue weighted by atomic mass is 10.0. The first-order valence-corrected chi connectivity index (χ1v) is 12.0. The zero-order valence-corrected chi connectivity index (χ0v) is 20.6. The minimum Gasteiger partial charge on any atom is -0.492 e. The van der Waals surface area contributed by atoms with E-state index in [0.29, 0.717) is 18.2 Å². The van der Waals surface area contributed by atoms with Gasteiger partial charge in [0.25, 0.3) is 5.91 Å². The number of alkyl halides is 3. The van der Waals surface area contributed by atoms with Crippen LogP contribution >= 0.6 is 0 Å². The van der Waals surface area contributed by atoms with Crippen LogP contribution in [0.2, 0.25) is 0 Å². The van der Waals surface area contributed by atoms with Gasteiger partial charge < -0.3 is 15.2 Å². The Hall–Kier alpha value is -4.33. The first kappa shape index (κ1) is 28.2. The number of ether oxygens (including phenoxy) is 1. The van der Waals surface area contributed by atoms with E-state index >= 15 is 0 Å². The van der Waals surface area contributed by atoms with Crippen LogP contribution in [-0.4, -0.2) is 35.8 Å². The molecule has 0 aliphatic carbocycles. The number of halogens is 3. The fraction of sp³-hybridized carbons (Fsp3) is 0.200. The lowest BCUT2D eigenvalue weighted by Crippen LogP contribution is -2.42. The molecule has 0 heterocycles. The summed E-state index contributed by atoms with van der Waals surface area (Å²) in [6.45, 7) is 3.44. The number of carbonyl (C=O) groups is 2. The summed E-state index contributed by atoms with van der Waals surface area (Å²) in [4.78, 5) is 25.1.